The van der Waals surface area contributed by atoms with Crippen LogP contribution in [-0.4, -0.2) is 5.94 Å². The molecule has 0 radical (unpaired) electrons. The molecule has 0 heterocycles. The van der Waals surface area contributed by atoms with Gasteiger partial charge in [-0.05, 0) is 12.1 Å². The van der Waals surface area contributed by atoms with E-state index in [2.05, 4.69) is 0 Å². The number of hydrogen-bond acceptors (Lipinski definition) is 1. The maximum Gasteiger partial charge on any atom is 0.222 e. The van der Waals surface area contributed by atoms with Crippen LogP contribution in [0.5, 0.6) is 0 Å². The number of carbonyl (C=O) groups excluding carboxylic acids is 1. The van der Waals surface area contributed by atoms with E-state index in [0.29, 0.717) is 18.1 Å². The van der Waals surface area contributed by atoms with Gasteiger partial charge in [-0.2, -0.15) is 4.39 Å². The van der Waals surface area contributed by atoms with Crippen molar-refractivity contribution < 1.29 is 26.7 Å². The Labute approximate surface area is 80.8 Å². The smallest absolute Gasteiger partial charge is 0.222 e. The molecule has 0 saturated heterocycles. The Morgan fingerprint density at radius 2 is 1.80 bits per heavy atom. The average Bonchev–Trinajstić information content (AvgIpc) is 2.24. The summed E-state index contributed by atoms with van der Waals surface area (Å²) in [5, 5.41) is 0. The Kier molecular flexibility index (Phi) is 3.21. The molecule has 1 rings (SSSR count). The molecule has 0 spiro atoms. The van der Waals surface area contributed by atoms with Crippen LogP contribution in [0.3, 0.4) is 0 Å². The molecule has 0 aliphatic rings. The molecule has 6 heteroatoms. The van der Waals surface area contributed by atoms with Crippen molar-refractivity contribution in [3.8, 4) is 0 Å². The number of allylic oxidation sites excluding steroid dienone is 1. The van der Waals surface area contributed by atoms with Crippen molar-refractivity contribution in [3.63, 3.8) is 0 Å². The summed E-state index contributed by atoms with van der Waals surface area (Å²) in [6.45, 7) is 0. The third-order valence-electron chi connectivity index (χ3n) is 1.66. The van der Waals surface area contributed by atoms with Crippen LogP contribution in [0.15, 0.2) is 18.0 Å². The number of hydrogen-bond donors (Lipinski definition) is 0. The van der Waals surface area contributed by atoms with Gasteiger partial charge in [-0.1, -0.05) is 0 Å². The number of halogens is 5. The number of rotatable bonds is 2. The van der Waals surface area contributed by atoms with Gasteiger partial charge < -0.3 is 0 Å². The zero-order valence-corrected chi connectivity index (χ0v) is 7.03. The Balaban J connectivity index is 3.28. The summed E-state index contributed by atoms with van der Waals surface area (Å²) in [5.74, 6) is -6.68. The molecule has 15 heavy (non-hydrogen) atoms. The summed E-state index contributed by atoms with van der Waals surface area (Å²) in [6, 6.07) is 0.938. The summed E-state index contributed by atoms with van der Waals surface area (Å²) >= 11 is 0. The summed E-state index contributed by atoms with van der Waals surface area (Å²) in [5.41, 5.74) is -1.09. The average molecular weight is 222 g/mol. The highest BCUT2D eigenvalue weighted by molar-refractivity contribution is 5.52. The van der Waals surface area contributed by atoms with Gasteiger partial charge in [0.05, 0.1) is 0 Å². The normalized spacial score (nSPS) is 12.1. The molecule has 1 unspecified atom stereocenters. The third kappa shape index (κ3) is 2.05. The fraction of sp³-hybridized carbons (Fsp3) is 0.111. The van der Waals surface area contributed by atoms with Gasteiger partial charge in [0.2, 0.25) is 5.83 Å². The monoisotopic (exact) mass is 222 g/mol. The van der Waals surface area contributed by atoms with E-state index in [4.69, 9.17) is 0 Å². The molecule has 80 valence electrons. The quantitative estimate of drug-likeness (QED) is 0.427. The van der Waals surface area contributed by atoms with Crippen LogP contribution in [0.2, 0.25) is 0 Å². The fourth-order valence-corrected chi connectivity index (χ4v) is 0.925. The van der Waals surface area contributed by atoms with E-state index in [1.54, 1.807) is 0 Å². The molecule has 1 atom stereocenters. The first kappa shape index (κ1) is 11.4. The fourth-order valence-electron chi connectivity index (χ4n) is 0.925. The van der Waals surface area contributed by atoms with Crippen molar-refractivity contribution in [2.75, 3.05) is 0 Å². The maximum absolute atomic E-state index is 12.9. The van der Waals surface area contributed by atoms with Gasteiger partial charge in [0.15, 0.2) is 29.6 Å². The lowest BCUT2D eigenvalue weighted by molar-refractivity contribution is 0.320. The van der Waals surface area contributed by atoms with E-state index >= 15 is 0 Å². The predicted molar refractivity (Wildman–Crippen MR) is 40.5 cm³/mol. The number of benzene rings is 1. The first-order valence-electron chi connectivity index (χ1n) is 3.67. The first-order chi connectivity index (χ1) is 6.99. The van der Waals surface area contributed by atoms with Gasteiger partial charge in [0.25, 0.3) is 0 Å². The molecule has 0 fully saturated rings. The SMILES string of the molecule is O=C=C(F)C(F)c1ccc(F)c(F)c1F. The van der Waals surface area contributed by atoms with Crippen molar-refractivity contribution in [3.05, 3.63) is 41.0 Å². The van der Waals surface area contributed by atoms with Crippen molar-refractivity contribution >= 4 is 5.94 Å². The Morgan fingerprint density at radius 1 is 1.20 bits per heavy atom. The Morgan fingerprint density at radius 3 is 2.33 bits per heavy atom. The molecule has 0 bridgehead atoms. The van der Waals surface area contributed by atoms with E-state index in [-0.39, 0.29) is 0 Å². The van der Waals surface area contributed by atoms with E-state index in [1.165, 1.54) is 0 Å². The van der Waals surface area contributed by atoms with Gasteiger partial charge in [0.1, 0.15) is 0 Å². The standard InChI is InChI=1S/C9H3F5O/c10-5-2-1-4(8(13)9(5)14)7(12)6(11)3-15/h1-2,7H. The lowest BCUT2D eigenvalue weighted by Crippen LogP contribution is -2.01. The Hall–Kier alpha value is -1.68. The highest BCUT2D eigenvalue weighted by atomic mass is 19.2. The van der Waals surface area contributed by atoms with Gasteiger partial charge in [-0.15, -0.1) is 0 Å². The minimum Gasteiger partial charge on any atom is -0.233 e. The van der Waals surface area contributed by atoms with Gasteiger partial charge >= 0.3 is 0 Å². The van der Waals surface area contributed by atoms with Gasteiger partial charge in [-0.3, -0.25) is 0 Å². The predicted octanol–water partition coefficient (Wildman–Crippen LogP) is 2.80. The molecule has 1 nitrogen and oxygen atoms in total. The highest BCUT2D eigenvalue weighted by Gasteiger charge is 2.24. The lowest BCUT2D eigenvalue weighted by Gasteiger charge is -2.06. The molecule has 0 saturated carbocycles. The van der Waals surface area contributed by atoms with E-state index in [1.807, 2.05) is 0 Å². The molecule has 0 N–H and O–H groups in total. The minimum atomic E-state index is -2.78. The summed E-state index contributed by atoms with van der Waals surface area (Å²) < 4.78 is 63.1. The second kappa shape index (κ2) is 4.23. The second-order valence-corrected chi connectivity index (χ2v) is 2.58. The summed E-state index contributed by atoms with van der Waals surface area (Å²) in [6.07, 6.45) is -2.78. The van der Waals surface area contributed by atoms with Crippen LogP contribution in [0.25, 0.3) is 0 Å². The van der Waals surface area contributed by atoms with Crippen molar-refractivity contribution in [1.82, 2.24) is 0 Å². The molecular weight excluding hydrogens is 219 g/mol. The molecule has 1 aromatic rings. The molecule has 0 aliphatic heterocycles. The topological polar surface area (TPSA) is 17.1 Å². The second-order valence-electron chi connectivity index (χ2n) is 2.58. The van der Waals surface area contributed by atoms with Crippen LogP contribution in [0, 0.1) is 17.5 Å². The minimum absolute atomic E-state index is 0.429. The van der Waals surface area contributed by atoms with Crippen molar-refractivity contribution in [2.45, 2.75) is 6.17 Å². The van der Waals surface area contributed by atoms with Crippen molar-refractivity contribution in [1.29, 1.82) is 0 Å². The molecule has 0 aliphatic carbocycles. The molecular formula is C9H3F5O. The van der Waals surface area contributed by atoms with Crippen LogP contribution in [0.1, 0.15) is 11.7 Å². The van der Waals surface area contributed by atoms with Crippen LogP contribution < -0.4 is 0 Å². The van der Waals surface area contributed by atoms with Gasteiger partial charge in [0, 0.05) is 5.56 Å². The van der Waals surface area contributed by atoms with E-state index in [9.17, 15) is 26.7 Å². The largest absolute Gasteiger partial charge is 0.233 e. The Bertz CT molecular complexity index is 436. The summed E-state index contributed by atoms with van der Waals surface area (Å²) in [7, 11) is 0. The summed E-state index contributed by atoms with van der Waals surface area (Å²) in [4.78, 5) is 9.72. The number of alkyl halides is 1. The van der Waals surface area contributed by atoms with Gasteiger partial charge in [-0.25, -0.2) is 22.4 Å². The van der Waals surface area contributed by atoms with E-state index in [0.717, 1.165) is 0 Å². The molecule has 1 aromatic carbocycles. The lowest BCUT2D eigenvalue weighted by atomic mass is 10.1. The first-order valence-corrected chi connectivity index (χ1v) is 3.67. The zero-order valence-electron chi connectivity index (χ0n) is 7.03. The van der Waals surface area contributed by atoms with Crippen LogP contribution in [0.4, 0.5) is 22.0 Å². The maximum atomic E-state index is 12.9. The highest BCUT2D eigenvalue weighted by Crippen LogP contribution is 2.29. The third-order valence-corrected chi connectivity index (χ3v) is 1.66. The van der Waals surface area contributed by atoms with E-state index < -0.39 is 35.0 Å². The van der Waals surface area contributed by atoms with Crippen LogP contribution in [-0.2, 0) is 4.79 Å². The van der Waals surface area contributed by atoms with Crippen LogP contribution >= 0.6 is 0 Å². The molecule has 0 aromatic heterocycles. The zero-order chi connectivity index (χ0) is 11.6. The molecule has 0 amide bonds. The van der Waals surface area contributed by atoms with Crippen molar-refractivity contribution in [2.24, 2.45) is 0 Å².